The van der Waals surface area contributed by atoms with Crippen LogP contribution in [0.4, 0.5) is 0 Å². The first-order chi connectivity index (χ1) is 16.3. The van der Waals surface area contributed by atoms with Crippen molar-refractivity contribution < 1.29 is 39.0 Å². The van der Waals surface area contributed by atoms with E-state index in [2.05, 4.69) is 38.9 Å². The lowest BCUT2D eigenvalue weighted by atomic mass is 10.1. The third-order valence-electron chi connectivity index (χ3n) is 4.31. The largest absolute Gasteiger partial charge is 0.481 e. The third-order valence-corrected chi connectivity index (χ3v) is 4.67. The maximum Gasteiger partial charge on any atom is 0.327 e. The lowest BCUT2D eigenvalue weighted by Gasteiger charge is -2.21. The normalized spacial score (nSPS) is 13.8. The Kier molecular flexibility index (Phi) is 14.4. The van der Waals surface area contributed by atoms with Crippen LogP contribution in [0.3, 0.4) is 0 Å². The van der Waals surface area contributed by atoms with Crippen molar-refractivity contribution in [1.29, 1.82) is 0 Å². The molecule has 0 aromatic heterocycles. The Morgan fingerprint density at radius 1 is 0.943 bits per heavy atom. The summed E-state index contributed by atoms with van der Waals surface area (Å²) in [5.41, 5.74) is 16.1. The Hall–Kier alpha value is -3.60. The highest BCUT2D eigenvalue weighted by Gasteiger charge is 2.28. The quantitative estimate of drug-likeness (QED) is 0.0400. The van der Waals surface area contributed by atoms with Crippen molar-refractivity contribution in [2.45, 2.75) is 50.4 Å². The molecule has 198 valence electrons. The molecule has 0 rings (SSSR count). The number of aliphatic carboxylic acids is 2. The van der Waals surface area contributed by atoms with Crippen LogP contribution in [0, 0.1) is 0 Å². The average Bonchev–Trinajstić information content (AvgIpc) is 2.76. The Morgan fingerprint density at radius 3 is 2.09 bits per heavy atom. The number of aliphatic imine (C=N–C) groups is 1. The van der Waals surface area contributed by atoms with Gasteiger partial charge in [0.2, 0.25) is 23.6 Å². The lowest BCUT2D eigenvalue weighted by Crippen LogP contribution is -2.56. The van der Waals surface area contributed by atoms with Crippen molar-refractivity contribution in [2.75, 3.05) is 18.8 Å². The van der Waals surface area contributed by atoms with Crippen LogP contribution in [0.15, 0.2) is 4.99 Å². The zero-order chi connectivity index (χ0) is 27.1. The molecule has 35 heavy (non-hydrogen) atoms. The van der Waals surface area contributed by atoms with Crippen LogP contribution < -0.4 is 38.5 Å². The molecule has 16 nitrogen and oxygen atoms in total. The summed E-state index contributed by atoms with van der Waals surface area (Å²) < 4.78 is 0. The molecule has 17 heteroatoms. The molecule has 0 fully saturated rings. The van der Waals surface area contributed by atoms with Gasteiger partial charge in [-0.15, -0.1) is 0 Å². The molecular formula is C18H32N8O8S. The van der Waals surface area contributed by atoms with E-state index in [1.165, 1.54) is 6.92 Å². The molecule has 0 saturated heterocycles. The van der Waals surface area contributed by atoms with E-state index in [-0.39, 0.29) is 24.7 Å². The Labute approximate surface area is 206 Å². The van der Waals surface area contributed by atoms with Gasteiger partial charge in [-0.3, -0.25) is 29.0 Å². The number of nitrogens with two attached hydrogens (primary N) is 3. The molecule has 0 bridgehead atoms. The number of thiol groups is 1. The fourth-order valence-corrected chi connectivity index (χ4v) is 2.69. The summed E-state index contributed by atoms with van der Waals surface area (Å²) in [6.07, 6.45) is -0.185. The molecule has 0 radical (unpaired) electrons. The maximum absolute atomic E-state index is 12.4. The van der Waals surface area contributed by atoms with Crippen molar-refractivity contribution in [3.63, 3.8) is 0 Å². The van der Waals surface area contributed by atoms with Crippen LogP contribution in [0.25, 0.3) is 0 Å². The second-order valence-electron chi connectivity index (χ2n) is 7.30. The summed E-state index contributed by atoms with van der Waals surface area (Å²) in [6.45, 7) is 0.902. The predicted octanol–water partition coefficient (Wildman–Crippen LogP) is -4.55. The maximum atomic E-state index is 12.4. The summed E-state index contributed by atoms with van der Waals surface area (Å²) >= 11 is 3.80. The molecule has 0 aromatic rings. The zero-order valence-corrected chi connectivity index (χ0v) is 19.9. The molecule has 0 heterocycles. The molecule has 0 aromatic carbocycles. The van der Waals surface area contributed by atoms with Crippen molar-refractivity contribution in [1.82, 2.24) is 21.3 Å². The first-order valence-electron chi connectivity index (χ1n) is 10.3. The number of hydrogen-bond acceptors (Lipinski definition) is 9. The summed E-state index contributed by atoms with van der Waals surface area (Å²) in [6, 6.07) is -5.10. The molecule has 0 saturated carbocycles. The average molecular weight is 521 g/mol. The van der Waals surface area contributed by atoms with E-state index in [1.54, 1.807) is 0 Å². The minimum Gasteiger partial charge on any atom is -0.481 e. The predicted molar refractivity (Wildman–Crippen MR) is 126 cm³/mol. The van der Waals surface area contributed by atoms with Gasteiger partial charge in [-0.25, -0.2) is 4.79 Å². The van der Waals surface area contributed by atoms with Crippen molar-refractivity contribution in [3.8, 4) is 0 Å². The summed E-state index contributed by atoms with van der Waals surface area (Å²) in [7, 11) is 0. The van der Waals surface area contributed by atoms with Crippen LogP contribution in [-0.2, 0) is 28.8 Å². The zero-order valence-electron chi connectivity index (χ0n) is 19.0. The van der Waals surface area contributed by atoms with Crippen LogP contribution >= 0.6 is 12.6 Å². The number of nitrogens with zero attached hydrogens (tertiary/aromatic N) is 1. The summed E-state index contributed by atoms with van der Waals surface area (Å²) in [5.74, 6) is -6.47. The number of carboxylic acid groups (broad SMARTS) is 2. The fraction of sp³-hybridized carbons (Fsp3) is 0.611. The van der Waals surface area contributed by atoms with Gasteiger partial charge < -0.3 is 48.7 Å². The summed E-state index contributed by atoms with van der Waals surface area (Å²) in [4.78, 5) is 74.5. The molecule has 0 aliphatic heterocycles. The minimum absolute atomic E-state index is 0.100. The van der Waals surface area contributed by atoms with Crippen molar-refractivity contribution >= 4 is 54.2 Å². The van der Waals surface area contributed by atoms with Crippen molar-refractivity contribution in [3.05, 3.63) is 0 Å². The molecule has 4 unspecified atom stereocenters. The topological polar surface area (TPSA) is 281 Å². The van der Waals surface area contributed by atoms with Crippen molar-refractivity contribution in [2.24, 2.45) is 22.2 Å². The fourth-order valence-electron chi connectivity index (χ4n) is 2.44. The van der Waals surface area contributed by atoms with Crippen LogP contribution in [-0.4, -0.2) is 94.7 Å². The van der Waals surface area contributed by atoms with Crippen LogP contribution in [0.1, 0.15) is 26.2 Å². The lowest BCUT2D eigenvalue weighted by molar-refractivity contribution is -0.142. The van der Waals surface area contributed by atoms with Gasteiger partial charge in [0.05, 0.1) is 19.0 Å². The molecule has 12 N–H and O–H groups in total. The van der Waals surface area contributed by atoms with E-state index in [9.17, 15) is 28.8 Å². The highest BCUT2D eigenvalue weighted by molar-refractivity contribution is 7.80. The Morgan fingerprint density at radius 2 is 1.57 bits per heavy atom. The highest BCUT2D eigenvalue weighted by atomic mass is 32.1. The second kappa shape index (κ2) is 16.1. The smallest absolute Gasteiger partial charge is 0.327 e. The standard InChI is InChI=1S/C18H32N8O8S/c1-8(14(30)26-11(7-35)17(33)34)24-16(32)10(5-13(28)29)25-12(27)6-23-15(31)9(19)3-2-4-22-18(20)21/h8-11,35H,2-7,19H2,1H3,(H,23,31)(H,24,32)(H,25,27)(H,26,30)(H,28,29)(H,33,34)(H4,20,21,22). The Bertz CT molecular complexity index is 820. The van der Waals surface area contributed by atoms with Gasteiger partial charge in [-0.05, 0) is 19.8 Å². The van der Waals surface area contributed by atoms with Gasteiger partial charge in [-0.1, -0.05) is 0 Å². The minimum atomic E-state index is -1.58. The van der Waals surface area contributed by atoms with Gasteiger partial charge >= 0.3 is 11.9 Å². The number of amides is 4. The van der Waals surface area contributed by atoms with Gasteiger partial charge in [0.1, 0.15) is 18.1 Å². The SMILES string of the molecule is CC(NC(=O)C(CC(=O)O)NC(=O)CNC(=O)C(N)CCCN=C(N)N)C(=O)NC(CS)C(=O)O. The van der Waals surface area contributed by atoms with E-state index in [4.69, 9.17) is 27.4 Å². The van der Waals surface area contributed by atoms with Crippen LogP contribution in [0.5, 0.6) is 0 Å². The van der Waals surface area contributed by atoms with E-state index in [0.29, 0.717) is 6.42 Å². The monoisotopic (exact) mass is 520 g/mol. The second-order valence-corrected chi connectivity index (χ2v) is 7.67. The number of carbonyl (C=O) groups is 6. The molecule has 4 amide bonds. The first-order valence-corrected chi connectivity index (χ1v) is 11.0. The molecular weight excluding hydrogens is 488 g/mol. The summed E-state index contributed by atoms with van der Waals surface area (Å²) in [5, 5.41) is 26.7. The van der Waals surface area contributed by atoms with Gasteiger partial charge in [0.25, 0.3) is 0 Å². The third kappa shape index (κ3) is 13.6. The van der Waals surface area contributed by atoms with Gasteiger partial charge in [0, 0.05) is 12.3 Å². The van der Waals surface area contributed by atoms with E-state index >= 15 is 0 Å². The number of carboxylic acids is 2. The van der Waals surface area contributed by atoms with Gasteiger partial charge in [-0.2, -0.15) is 12.6 Å². The molecule has 0 aliphatic carbocycles. The number of nitrogens with one attached hydrogen (secondary N) is 4. The number of rotatable bonds is 16. The van der Waals surface area contributed by atoms with Crippen LogP contribution in [0.2, 0.25) is 0 Å². The van der Waals surface area contributed by atoms with E-state index in [1.807, 2.05) is 0 Å². The van der Waals surface area contributed by atoms with Gasteiger partial charge in [0.15, 0.2) is 5.96 Å². The van der Waals surface area contributed by atoms with E-state index in [0.717, 1.165) is 0 Å². The van der Waals surface area contributed by atoms with E-state index < -0.39 is 72.7 Å². The number of guanidine groups is 1. The Balaban J connectivity index is 4.83. The first kappa shape index (κ1) is 31.4. The molecule has 0 aliphatic rings. The highest BCUT2D eigenvalue weighted by Crippen LogP contribution is 1.98. The number of carbonyl (C=O) groups excluding carboxylic acids is 4. The molecule has 4 atom stereocenters. The number of hydrogen-bond donors (Lipinski definition) is 10. The molecule has 0 spiro atoms.